The predicted molar refractivity (Wildman–Crippen MR) is 334 cm³/mol. The van der Waals surface area contributed by atoms with E-state index in [2.05, 4.69) is 33.7 Å². The quantitative estimate of drug-likeness (QED) is 0.0202. The maximum Gasteiger partial charge on any atom is 0.333 e. The highest BCUT2D eigenvalue weighted by Crippen LogP contribution is 2.49. The fourth-order valence-electron chi connectivity index (χ4n) is 9.76. The number of aromatic nitrogens is 1. The van der Waals surface area contributed by atoms with Gasteiger partial charge in [0.05, 0.1) is 143 Å². The van der Waals surface area contributed by atoms with Gasteiger partial charge in [-0.05, 0) is 72.9 Å². The average Bonchev–Trinajstić information content (AvgIpc) is 1.68. The third-order valence-corrected chi connectivity index (χ3v) is 15.2. The number of nitrogens with zero attached hydrogens (tertiary/aromatic N) is 3. The lowest BCUT2D eigenvalue weighted by Gasteiger charge is -2.27. The number of carbonyl (C=O) groups excluding carboxylic acids is 1. The summed E-state index contributed by atoms with van der Waals surface area (Å²) in [5.41, 5.74) is 5.56. The number of unbranched alkanes of at least 4 members (excludes halogenated alkanes) is 2. The van der Waals surface area contributed by atoms with Crippen LogP contribution in [0, 0.1) is 6.92 Å². The molecule has 0 amide bonds. The number of rotatable bonds is 47. The van der Waals surface area contributed by atoms with E-state index in [0.29, 0.717) is 200 Å². The zero-order valence-corrected chi connectivity index (χ0v) is 53.1. The van der Waals surface area contributed by atoms with E-state index in [1.165, 1.54) is 24.3 Å². The number of ether oxygens (including phenoxy) is 12. The molecular weight excluding hydrogens is 1170 g/mol. The van der Waals surface area contributed by atoms with Crippen molar-refractivity contribution >= 4 is 27.9 Å². The fraction of sp³-hybridized carbons (Fsp3) is 0.538. The van der Waals surface area contributed by atoms with Crippen molar-refractivity contribution in [1.29, 1.82) is 0 Å². The van der Waals surface area contributed by atoms with Gasteiger partial charge in [0.1, 0.15) is 24.7 Å². The summed E-state index contributed by atoms with van der Waals surface area (Å²) in [5, 5.41) is 20.7. The largest absolute Gasteiger partial charge is 0.492 e. The second kappa shape index (κ2) is 39.9. The van der Waals surface area contributed by atoms with E-state index in [9.17, 15) is 28.0 Å². The zero-order valence-electron chi connectivity index (χ0n) is 52.3. The lowest BCUT2D eigenvalue weighted by Crippen LogP contribution is -2.36. The number of hydrogen-bond donors (Lipinski definition) is 3. The van der Waals surface area contributed by atoms with Crippen LogP contribution < -0.4 is 19.7 Å². The number of benzene rings is 3. The van der Waals surface area contributed by atoms with Crippen LogP contribution in [0.3, 0.4) is 0 Å². The van der Waals surface area contributed by atoms with Crippen molar-refractivity contribution in [3.05, 3.63) is 119 Å². The maximum absolute atomic E-state index is 12.6. The molecule has 0 atom stereocenters. The van der Waals surface area contributed by atoms with Crippen LogP contribution in [0.25, 0.3) is 28.5 Å². The second-order valence-corrected chi connectivity index (χ2v) is 22.5. The van der Waals surface area contributed by atoms with Crippen molar-refractivity contribution in [3.8, 4) is 34.2 Å². The molecule has 0 saturated heterocycles. The van der Waals surface area contributed by atoms with Gasteiger partial charge in [0.2, 0.25) is 17.1 Å². The van der Waals surface area contributed by atoms with Crippen molar-refractivity contribution in [2.75, 3.05) is 184 Å². The Morgan fingerprint density at radius 3 is 1.60 bits per heavy atom. The molecule has 0 saturated carbocycles. The number of methoxy groups -OCH3 is 2. The van der Waals surface area contributed by atoms with Gasteiger partial charge in [0, 0.05) is 73.3 Å². The highest BCUT2D eigenvalue weighted by atomic mass is 32.2. The molecule has 492 valence electrons. The van der Waals surface area contributed by atoms with Crippen LogP contribution in [0.1, 0.15) is 56.4 Å². The number of fused-ring (bicyclic) bond motifs is 2. The van der Waals surface area contributed by atoms with Crippen LogP contribution in [0.5, 0.6) is 11.8 Å². The lowest BCUT2D eigenvalue weighted by atomic mass is 9.83. The van der Waals surface area contributed by atoms with Crippen molar-refractivity contribution in [2.24, 2.45) is 0 Å². The molecule has 3 aliphatic rings. The first-order valence-corrected chi connectivity index (χ1v) is 31.7. The monoisotopic (exact) mass is 1270 g/mol. The lowest BCUT2D eigenvalue weighted by molar-refractivity contribution is -0.145. The van der Waals surface area contributed by atoms with Crippen LogP contribution in [-0.4, -0.2) is 213 Å². The second-order valence-electron chi connectivity index (χ2n) is 21.1. The summed E-state index contributed by atoms with van der Waals surface area (Å²) in [6.07, 6.45) is 7.66. The van der Waals surface area contributed by atoms with E-state index in [1.54, 1.807) is 20.3 Å². The maximum atomic E-state index is 12.6. The Labute approximate surface area is 523 Å². The highest BCUT2D eigenvalue weighted by Gasteiger charge is 2.40. The highest BCUT2D eigenvalue weighted by molar-refractivity contribution is 7.85. The van der Waals surface area contributed by atoms with Crippen molar-refractivity contribution in [2.45, 2.75) is 56.8 Å². The van der Waals surface area contributed by atoms with E-state index in [-0.39, 0.29) is 11.3 Å². The third kappa shape index (κ3) is 24.2. The Hall–Kier alpha value is -6.07. The Bertz CT molecular complexity index is 3010. The molecule has 23 nitrogen and oxygen atoms in total. The molecule has 0 unspecified atom stereocenters. The summed E-state index contributed by atoms with van der Waals surface area (Å²) in [6, 6.07) is 23.5. The van der Waals surface area contributed by atoms with Gasteiger partial charge >= 0.3 is 5.97 Å². The summed E-state index contributed by atoms with van der Waals surface area (Å²) in [7, 11) is -1.23. The van der Waals surface area contributed by atoms with Crippen LogP contribution in [0.15, 0.2) is 106 Å². The molecule has 2 aliphatic heterocycles. The van der Waals surface area contributed by atoms with Crippen LogP contribution in [0.2, 0.25) is 0 Å². The molecule has 24 heteroatoms. The third-order valence-electron chi connectivity index (χ3n) is 14.4. The number of allylic oxidation sites excluding steroid dienone is 3. The van der Waals surface area contributed by atoms with E-state index in [1.807, 2.05) is 63.3 Å². The number of anilines is 1. The Kier molecular flexibility index (Phi) is 32.3. The summed E-state index contributed by atoms with van der Waals surface area (Å²) < 4.78 is 111. The smallest absolute Gasteiger partial charge is 0.333 e. The molecule has 3 aromatic rings. The Morgan fingerprint density at radius 1 is 0.607 bits per heavy atom. The molecule has 89 heavy (non-hydrogen) atoms. The first kappa shape index (κ1) is 72.0. The van der Waals surface area contributed by atoms with Crippen LogP contribution >= 0.6 is 0 Å². The van der Waals surface area contributed by atoms with Gasteiger partial charge in [0.25, 0.3) is 10.1 Å². The minimum absolute atomic E-state index is 0.0454. The van der Waals surface area contributed by atoms with Crippen molar-refractivity contribution in [1.82, 2.24) is 9.31 Å². The van der Waals surface area contributed by atoms with E-state index >= 15 is 0 Å². The molecule has 0 spiro atoms. The minimum Gasteiger partial charge on any atom is -0.492 e. The van der Waals surface area contributed by atoms with E-state index < -0.39 is 33.3 Å². The zero-order chi connectivity index (χ0) is 63.5. The van der Waals surface area contributed by atoms with Crippen molar-refractivity contribution < 1.29 is 94.1 Å². The minimum atomic E-state index is -4.50. The van der Waals surface area contributed by atoms with Gasteiger partial charge in [-0.3, -0.25) is 4.55 Å². The number of hydrogen-bond acceptors (Lipinski definition) is 20. The van der Waals surface area contributed by atoms with Gasteiger partial charge in [0.15, 0.2) is 13.1 Å². The first-order valence-electron chi connectivity index (χ1n) is 30.3. The summed E-state index contributed by atoms with van der Waals surface area (Å²) >= 11 is 0. The van der Waals surface area contributed by atoms with Gasteiger partial charge < -0.3 is 81.2 Å². The molecule has 2 aromatic carbocycles. The number of carbonyl (C=O) groups is 1. The molecule has 3 heterocycles. The van der Waals surface area contributed by atoms with Gasteiger partial charge in [-0.25, -0.2) is 9.37 Å². The standard InChI is InChI=1S/C65H91N3O20S/c1-51-58(15-12-16-60-65(2,3)56-50-54(89(72,73)74)19-21-57(56)67(60)24-11-7-10-17-63(71)88-68-61(69)22-23-62(68)70)87-59-49-53(18-20-55(59)64(51)52-13-8-6-9-14-52)66(25-27-77-33-35-81-41-43-85-47-45-83-39-37-79-31-29-75-4)26-28-78-34-36-82-42-44-86-48-46-84-40-38-80-32-30-76-5/h6,8-9,12-16,18-23,49-50H,7,10-11,17,24-48H2,1-5H3,(H2-,69,70,72,73,74)/p+1. The topological polar surface area (TPSA) is 256 Å². The molecular formula is C65H92N3O20S+. The molecule has 3 N–H and O–H groups in total. The van der Waals surface area contributed by atoms with Crippen molar-refractivity contribution in [3.63, 3.8) is 0 Å². The molecule has 0 radical (unpaired) electrons. The molecule has 0 bridgehead atoms. The Balaban J connectivity index is 1.15. The predicted octanol–water partition coefficient (Wildman–Crippen LogP) is 6.96. The van der Waals surface area contributed by atoms with Crippen LogP contribution in [0.4, 0.5) is 5.69 Å². The SMILES string of the molecule is COCCOCCOCCOCCOCCOCC[N+](CCOCCOCCOCCOCCOCCOC)=c1ccc2c(-c3ccccc3)c(C)c(C=CC=C3N(CCCCCC(=O)On4c(O)ccc4O)c4ccc(S(=O)(=O)O)cc4C3(C)C)oc-2c1. The van der Waals surface area contributed by atoms with E-state index in [0.717, 1.165) is 44.6 Å². The first-order chi connectivity index (χ1) is 43.2. The van der Waals surface area contributed by atoms with Gasteiger partial charge in [-0.1, -0.05) is 56.7 Å². The molecule has 1 aromatic heterocycles. The molecule has 1 aliphatic carbocycles. The average molecular weight is 1270 g/mol. The molecule has 0 fully saturated rings. The van der Waals surface area contributed by atoms with Gasteiger partial charge in [-0.2, -0.15) is 8.42 Å². The van der Waals surface area contributed by atoms with Gasteiger partial charge in [-0.15, -0.1) is 4.73 Å². The fourth-order valence-corrected chi connectivity index (χ4v) is 10.3. The molecule has 6 rings (SSSR count). The Morgan fingerprint density at radius 2 is 1.10 bits per heavy atom. The number of aromatic hydroxyl groups is 2. The summed E-state index contributed by atoms with van der Waals surface area (Å²) in [4.78, 5) is 19.7. The summed E-state index contributed by atoms with van der Waals surface area (Å²) in [5.74, 6) is -0.125. The summed E-state index contributed by atoms with van der Waals surface area (Å²) in [6.45, 7) is 17.9. The van der Waals surface area contributed by atoms with E-state index in [4.69, 9.17) is 66.1 Å². The van der Waals surface area contributed by atoms with Crippen LogP contribution in [-0.2, 0) is 77.2 Å². The normalized spacial score (nSPS) is 13.6.